The highest BCUT2D eigenvalue weighted by Gasteiger charge is 2.17. The fourth-order valence-electron chi connectivity index (χ4n) is 2.96. The highest BCUT2D eigenvalue weighted by atomic mass is 32.2. The summed E-state index contributed by atoms with van der Waals surface area (Å²) in [6, 6.07) is 1.56. The lowest BCUT2D eigenvalue weighted by Gasteiger charge is -2.24. The lowest BCUT2D eigenvalue weighted by Crippen LogP contribution is -2.40. The van der Waals surface area contributed by atoms with E-state index in [0.717, 1.165) is 18.0 Å². The third-order valence-corrected chi connectivity index (χ3v) is 5.31. The molecule has 3 atom stereocenters. The molecule has 0 aromatic heterocycles. The van der Waals surface area contributed by atoms with Gasteiger partial charge in [-0.05, 0) is 38.1 Å². The Labute approximate surface area is 111 Å². The third-order valence-electron chi connectivity index (χ3n) is 4.18. The van der Waals surface area contributed by atoms with Crippen LogP contribution in [0.2, 0.25) is 0 Å². The molecule has 1 saturated carbocycles. The van der Waals surface area contributed by atoms with Gasteiger partial charge in [0.15, 0.2) is 0 Å². The maximum atomic E-state index is 3.78. The topological polar surface area (TPSA) is 24.1 Å². The molecule has 1 aliphatic heterocycles. The van der Waals surface area contributed by atoms with E-state index in [1.54, 1.807) is 0 Å². The van der Waals surface area contributed by atoms with Crippen LogP contribution in [0.5, 0.6) is 0 Å². The fourth-order valence-corrected chi connectivity index (χ4v) is 3.96. The Hall–Kier alpha value is 0.270. The second kappa shape index (κ2) is 7.65. The molecule has 2 N–H and O–H groups in total. The van der Waals surface area contributed by atoms with E-state index in [-0.39, 0.29) is 0 Å². The van der Waals surface area contributed by atoms with Crippen LogP contribution in [0.3, 0.4) is 0 Å². The van der Waals surface area contributed by atoms with E-state index in [4.69, 9.17) is 0 Å². The van der Waals surface area contributed by atoms with Crippen LogP contribution in [0, 0.1) is 5.92 Å². The predicted molar refractivity (Wildman–Crippen MR) is 77.8 cm³/mol. The molecule has 3 heteroatoms. The molecule has 17 heavy (non-hydrogen) atoms. The summed E-state index contributed by atoms with van der Waals surface area (Å²) in [4.78, 5) is 0. The minimum atomic E-state index is 0.756. The van der Waals surface area contributed by atoms with E-state index in [1.165, 1.54) is 63.1 Å². The summed E-state index contributed by atoms with van der Waals surface area (Å²) in [6.45, 7) is 4.82. The first-order valence-electron chi connectivity index (χ1n) is 7.39. The van der Waals surface area contributed by atoms with E-state index >= 15 is 0 Å². The Morgan fingerprint density at radius 3 is 3.00 bits per heavy atom. The van der Waals surface area contributed by atoms with Gasteiger partial charge in [-0.15, -0.1) is 0 Å². The molecule has 1 aliphatic carbocycles. The van der Waals surface area contributed by atoms with Crippen molar-refractivity contribution in [1.82, 2.24) is 10.6 Å². The Morgan fingerprint density at radius 1 is 1.24 bits per heavy atom. The number of thioether (sulfide) groups is 1. The van der Waals surface area contributed by atoms with Crippen LogP contribution in [0.1, 0.15) is 45.4 Å². The highest BCUT2D eigenvalue weighted by Crippen LogP contribution is 2.22. The summed E-state index contributed by atoms with van der Waals surface area (Å²) in [7, 11) is 0. The minimum absolute atomic E-state index is 0.756. The number of rotatable bonds is 4. The third kappa shape index (κ3) is 5.19. The molecule has 2 aliphatic rings. The van der Waals surface area contributed by atoms with Gasteiger partial charge < -0.3 is 10.6 Å². The zero-order valence-electron chi connectivity index (χ0n) is 11.2. The van der Waals surface area contributed by atoms with Gasteiger partial charge in [-0.1, -0.05) is 19.8 Å². The van der Waals surface area contributed by atoms with Crippen molar-refractivity contribution in [2.45, 2.75) is 57.5 Å². The summed E-state index contributed by atoms with van der Waals surface area (Å²) in [5.74, 6) is 3.56. The maximum Gasteiger partial charge on any atom is 0.0170 e. The molecule has 100 valence electrons. The van der Waals surface area contributed by atoms with Crippen molar-refractivity contribution >= 4 is 11.8 Å². The zero-order valence-corrected chi connectivity index (χ0v) is 12.0. The monoisotopic (exact) mass is 256 g/mol. The average Bonchev–Trinajstić information content (AvgIpc) is 2.56. The summed E-state index contributed by atoms with van der Waals surface area (Å²) >= 11 is 2.10. The van der Waals surface area contributed by atoms with Crippen molar-refractivity contribution in [1.29, 1.82) is 0 Å². The van der Waals surface area contributed by atoms with E-state index in [9.17, 15) is 0 Å². The molecule has 0 radical (unpaired) electrons. The standard InChI is InChI=1S/C14H28N2S/c1-12-3-2-4-13(6-5-12)15-8-7-14-11-17-10-9-16-14/h12-16H,2-11H2,1H3. The second-order valence-electron chi connectivity index (χ2n) is 5.78. The van der Waals surface area contributed by atoms with Gasteiger partial charge in [0.25, 0.3) is 0 Å². The zero-order chi connectivity index (χ0) is 11.9. The molecule has 0 spiro atoms. The first-order chi connectivity index (χ1) is 8.34. The van der Waals surface area contributed by atoms with Gasteiger partial charge in [-0.2, -0.15) is 11.8 Å². The van der Waals surface area contributed by atoms with Gasteiger partial charge in [0.2, 0.25) is 0 Å². The molecule has 1 saturated heterocycles. The molecule has 2 nitrogen and oxygen atoms in total. The summed E-state index contributed by atoms with van der Waals surface area (Å²) < 4.78 is 0. The van der Waals surface area contributed by atoms with Crippen LogP contribution in [0.25, 0.3) is 0 Å². The molecule has 2 rings (SSSR count). The Kier molecular flexibility index (Phi) is 6.16. The molecule has 1 heterocycles. The van der Waals surface area contributed by atoms with Crippen LogP contribution in [-0.4, -0.2) is 36.7 Å². The molecule has 0 aromatic carbocycles. The van der Waals surface area contributed by atoms with E-state index in [1.807, 2.05) is 0 Å². The summed E-state index contributed by atoms with van der Waals surface area (Å²) in [5.41, 5.74) is 0. The normalized spacial score (nSPS) is 35.5. The maximum absolute atomic E-state index is 3.78. The van der Waals surface area contributed by atoms with E-state index in [0.29, 0.717) is 0 Å². The van der Waals surface area contributed by atoms with E-state index in [2.05, 4.69) is 29.3 Å². The highest BCUT2D eigenvalue weighted by molar-refractivity contribution is 7.99. The molecular formula is C14H28N2S. The number of hydrogen-bond acceptors (Lipinski definition) is 3. The van der Waals surface area contributed by atoms with Crippen molar-refractivity contribution in [3.63, 3.8) is 0 Å². The first-order valence-corrected chi connectivity index (χ1v) is 8.54. The number of nitrogens with one attached hydrogen (secondary N) is 2. The largest absolute Gasteiger partial charge is 0.314 e. The van der Waals surface area contributed by atoms with Crippen molar-refractivity contribution in [3.8, 4) is 0 Å². The molecule has 2 fully saturated rings. The van der Waals surface area contributed by atoms with Gasteiger partial charge in [-0.25, -0.2) is 0 Å². The summed E-state index contributed by atoms with van der Waals surface area (Å²) in [5, 5.41) is 7.40. The fraction of sp³-hybridized carbons (Fsp3) is 1.00. The number of hydrogen-bond donors (Lipinski definition) is 2. The minimum Gasteiger partial charge on any atom is -0.314 e. The predicted octanol–water partition coefficient (Wildman–Crippen LogP) is 2.64. The lowest BCUT2D eigenvalue weighted by atomic mass is 10.0. The molecule has 0 bridgehead atoms. The smallest absolute Gasteiger partial charge is 0.0170 e. The van der Waals surface area contributed by atoms with Crippen LogP contribution < -0.4 is 10.6 Å². The second-order valence-corrected chi connectivity index (χ2v) is 6.93. The molecular weight excluding hydrogens is 228 g/mol. The molecule has 3 unspecified atom stereocenters. The van der Waals surface area contributed by atoms with Crippen LogP contribution in [-0.2, 0) is 0 Å². The van der Waals surface area contributed by atoms with Gasteiger partial charge in [0.1, 0.15) is 0 Å². The lowest BCUT2D eigenvalue weighted by molar-refractivity contribution is 0.422. The molecule has 0 aromatic rings. The van der Waals surface area contributed by atoms with Crippen LogP contribution >= 0.6 is 11.8 Å². The first kappa shape index (κ1) is 13.7. The van der Waals surface area contributed by atoms with Gasteiger partial charge in [0, 0.05) is 30.1 Å². The Bertz CT molecular complexity index is 204. The summed E-state index contributed by atoms with van der Waals surface area (Å²) in [6.07, 6.45) is 8.40. The van der Waals surface area contributed by atoms with Gasteiger partial charge in [0.05, 0.1) is 0 Å². The van der Waals surface area contributed by atoms with Gasteiger partial charge in [-0.3, -0.25) is 0 Å². The average molecular weight is 256 g/mol. The van der Waals surface area contributed by atoms with Crippen LogP contribution in [0.15, 0.2) is 0 Å². The van der Waals surface area contributed by atoms with Crippen LogP contribution in [0.4, 0.5) is 0 Å². The Balaban J connectivity index is 1.57. The van der Waals surface area contributed by atoms with Gasteiger partial charge >= 0.3 is 0 Å². The van der Waals surface area contributed by atoms with E-state index < -0.39 is 0 Å². The Morgan fingerprint density at radius 2 is 2.18 bits per heavy atom. The van der Waals surface area contributed by atoms with Crippen molar-refractivity contribution in [2.24, 2.45) is 5.92 Å². The quantitative estimate of drug-likeness (QED) is 0.756. The van der Waals surface area contributed by atoms with Crippen molar-refractivity contribution in [2.75, 3.05) is 24.6 Å². The van der Waals surface area contributed by atoms with Crippen molar-refractivity contribution in [3.05, 3.63) is 0 Å². The molecule has 0 amide bonds. The van der Waals surface area contributed by atoms with Crippen molar-refractivity contribution < 1.29 is 0 Å². The SMILES string of the molecule is CC1CCCC(NCCC2CSCCN2)CC1.